The third kappa shape index (κ3) is 6.93. The van der Waals surface area contributed by atoms with Crippen molar-refractivity contribution in [2.24, 2.45) is 0 Å². The van der Waals surface area contributed by atoms with Gasteiger partial charge in [-0.3, -0.25) is 0 Å². The van der Waals surface area contributed by atoms with E-state index in [4.69, 9.17) is 9.97 Å². The highest BCUT2D eigenvalue weighted by Crippen LogP contribution is 2.45. The molecular formula is C70H45N5. The van der Waals surface area contributed by atoms with Crippen LogP contribution < -0.4 is 0 Å². The Kier molecular flexibility index (Phi) is 9.82. The molecule has 0 aliphatic carbocycles. The quantitative estimate of drug-likeness (QED) is 0.152. The van der Waals surface area contributed by atoms with Crippen LogP contribution in [0.2, 0.25) is 0 Å². The van der Waals surface area contributed by atoms with Crippen LogP contribution in [0.15, 0.2) is 273 Å². The van der Waals surface area contributed by atoms with E-state index in [1.807, 2.05) is 0 Å². The van der Waals surface area contributed by atoms with Crippen molar-refractivity contribution in [2.45, 2.75) is 0 Å². The molecule has 15 rings (SSSR count). The number of rotatable bonds is 8. The molecule has 15 aromatic rings. The summed E-state index contributed by atoms with van der Waals surface area (Å²) in [5.41, 5.74) is 19.0. The molecular weight excluding hydrogens is 911 g/mol. The van der Waals surface area contributed by atoms with Crippen molar-refractivity contribution in [1.29, 1.82) is 0 Å². The van der Waals surface area contributed by atoms with Gasteiger partial charge in [0.05, 0.1) is 61.6 Å². The van der Waals surface area contributed by atoms with Gasteiger partial charge in [-0.05, 0) is 76.9 Å². The monoisotopic (exact) mass is 955 g/mol. The normalized spacial score (nSPS) is 11.7. The second-order valence-corrected chi connectivity index (χ2v) is 19.3. The zero-order valence-corrected chi connectivity index (χ0v) is 40.7. The summed E-state index contributed by atoms with van der Waals surface area (Å²) < 4.78 is 7.47. The van der Waals surface area contributed by atoms with Gasteiger partial charge >= 0.3 is 0 Å². The van der Waals surface area contributed by atoms with E-state index < -0.39 is 0 Å². The molecule has 0 atom stereocenters. The van der Waals surface area contributed by atoms with Gasteiger partial charge < -0.3 is 13.7 Å². The first kappa shape index (κ1) is 42.6. The van der Waals surface area contributed by atoms with Gasteiger partial charge in [-0.2, -0.15) is 0 Å². The smallest absolute Gasteiger partial charge is 0.160 e. The molecule has 0 fully saturated rings. The van der Waals surface area contributed by atoms with Crippen LogP contribution in [0.1, 0.15) is 0 Å². The molecule has 5 heteroatoms. The highest BCUT2D eigenvalue weighted by atomic mass is 15.1. The van der Waals surface area contributed by atoms with E-state index in [9.17, 15) is 0 Å². The number of nitrogens with zero attached hydrogens (tertiary/aromatic N) is 5. The fraction of sp³-hybridized carbons (Fsp3) is 0. The molecule has 0 saturated carbocycles. The van der Waals surface area contributed by atoms with Gasteiger partial charge in [0.15, 0.2) is 5.82 Å². The van der Waals surface area contributed by atoms with Crippen LogP contribution in [0.3, 0.4) is 0 Å². The summed E-state index contributed by atoms with van der Waals surface area (Å²) >= 11 is 0. The number of aromatic nitrogens is 5. The minimum atomic E-state index is 0.651. The molecule has 0 amide bonds. The standard InChI is InChI=1S/C70H45N5/c1-3-19-46(20-4-1)48-35-39-50(40-36-48)59-45-60(72-70(71-59)51-41-37-49(38-42-51)47-21-5-2-6-22-47)52-43-67(73-61-29-13-7-23-53(61)54-24-8-14-30-62(54)73)69(75-65-33-17-11-27-57(65)58-28-12-18-34-66(58)75)68(44-52)74-63-31-15-9-25-55(63)56-26-10-16-32-64(56)74/h1-45H. The van der Waals surface area contributed by atoms with Gasteiger partial charge in [0.2, 0.25) is 0 Å². The van der Waals surface area contributed by atoms with E-state index in [1.54, 1.807) is 0 Å². The zero-order valence-electron chi connectivity index (χ0n) is 40.7. The first-order valence-corrected chi connectivity index (χ1v) is 25.6. The van der Waals surface area contributed by atoms with E-state index in [0.717, 1.165) is 94.9 Å². The molecule has 0 radical (unpaired) electrons. The Bertz CT molecular complexity index is 4280. The van der Waals surface area contributed by atoms with Crippen LogP contribution in [0.4, 0.5) is 0 Å². The average molecular weight is 956 g/mol. The van der Waals surface area contributed by atoms with Crippen molar-refractivity contribution >= 4 is 65.4 Å². The van der Waals surface area contributed by atoms with E-state index in [2.05, 4.69) is 287 Å². The van der Waals surface area contributed by atoms with E-state index >= 15 is 0 Å². The first-order chi connectivity index (χ1) is 37.2. The maximum absolute atomic E-state index is 5.62. The van der Waals surface area contributed by atoms with Gasteiger partial charge in [-0.1, -0.05) is 218 Å². The van der Waals surface area contributed by atoms with Gasteiger partial charge in [0.25, 0.3) is 0 Å². The van der Waals surface area contributed by atoms with Crippen molar-refractivity contribution in [1.82, 2.24) is 23.7 Å². The van der Waals surface area contributed by atoms with E-state index in [1.165, 1.54) is 37.9 Å². The molecule has 0 aliphatic heterocycles. The Morgan fingerprint density at radius 2 is 0.493 bits per heavy atom. The number of benzene rings is 11. The van der Waals surface area contributed by atoms with Crippen LogP contribution in [0.25, 0.3) is 139 Å². The van der Waals surface area contributed by atoms with Gasteiger partial charge in [-0.25, -0.2) is 9.97 Å². The molecule has 0 saturated heterocycles. The van der Waals surface area contributed by atoms with Crippen molar-refractivity contribution in [3.8, 4) is 73.2 Å². The van der Waals surface area contributed by atoms with E-state index in [0.29, 0.717) is 5.82 Å². The fourth-order valence-electron chi connectivity index (χ4n) is 11.6. The van der Waals surface area contributed by atoms with Crippen molar-refractivity contribution in [3.05, 3.63) is 273 Å². The van der Waals surface area contributed by atoms with Crippen LogP contribution >= 0.6 is 0 Å². The highest BCUT2D eigenvalue weighted by molar-refractivity contribution is 6.14. The predicted octanol–water partition coefficient (Wildman–Crippen LogP) is 18.1. The van der Waals surface area contributed by atoms with Crippen LogP contribution in [0.5, 0.6) is 0 Å². The van der Waals surface area contributed by atoms with E-state index in [-0.39, 0.29) is 0 Å². The molecule has 11 aromatic carbocycles. The Morgan fingerprint density at radius 3 is 0.867 bits per heavy atom. The lowest BCUT2D eigenvalue weighted by atomic mass is 10.0. The second-order valence-electron chi connectivity index (χ2n) is 19.3. The van der Waals surface area contributed by atoms with Crippen LogP contribution in [0, 0.1) is 0 Å². The molecule has 0 N–H and O–H groups in total. The third-order valence-corrected chi connectivity index (χ3v) is 15.1. The summed E-state index contributed by atoms with van der Waals surface area (Å²) in [5, 5.41) is 7.15. The van der Waals surface area contributed by atoms with Gasteiger partial charge in [-0.15, -0.1) is 0 Å². The Hall–Kier alpha value is -10.1. The maximum atomic E-state index is 5.62. The van der Waals surface area contributed by atoms with Gasteiger partial charge in [0.1, 0.15) is 0 Å². The SMILES string of the molecule is c1ccc(-c2ccc(-c3cc(-c4cc(-n5c6ccccc6c6ccccc65)c(-n5c6ccccc6c6ccccc65)c(-n5c6ccccc6c6ccccc65)c4)nc(-c4ccc(-c5ccccc5)cc4)n3)cc2)cc1. The minimum absolute atomic E-state index is 0.651. The average Bonchev–Trinajstić information content (AvgIpc) is 4.13. The second kappa shape index (κ2) is 17.3. The highest BCUT2D eigenvalue weighted by Gasteiger charge is 2.27. The fourth-order valence-corrected chi connectivity index (χ4v) is 11.6. The molecule has 4 aromatic heterocycles. The number of fused-ring (bicyclic) bond motifs is 9. The summed E-state index contributed by atoms with van der Waals surface area (Å²) in [5.74, 6) is 0.651. The van der Waals surface area contributed by atoms with Crippen molar-refractivity contribution in [2.75, 3.05) is 0 Å². The summed E-state index contributed by atoms with van der Waals surface area (Å²) in [6.45, 7) is 0. The molecule has 0 aliphatic rings. The zero-order chi connectivity index (χ0) is 49.4. The van der Waals surface area contributed by atoms with Crippen LogP contribution in [-0.4, -0.2) is 23.7 Å². The molecule has 5 nitrogen and oxygen atoms in total. The largest absolute Gasteiger partial charge is 0.307 e. The third-order valence-electron chi connectivity index (χ3n) is 15.1. The topological polar surface area (TPSA) is 40.6 Å². The summed E-state index contributed by atoms with van der Waals surface area (Å²) in [4.78, 5) is 11.0. The molecule has 75 heavy (non-hydrogen) atoms. The minimum Gasteiger partial charge on any atom is -0.307 e. The summed E-state index contributed by atoms with van der Waals surface area (Å²) in [7, 11) is 0. The number of hydrogen-bond donors (Lipinski definition) is 0. The first-order valence-electron chi connectivity index (χ1n) is 25.6. The van der Waals surface area contributed by atoms with Crippen molar-refractivity contribution in [3.63, 3.8) is 0 Å². The lowest BCUT2D eigenvalue weighted by Crippen LogP contribution is -2.10. The molecule has 350 valence electrons. The number of hydrogen-bond acceptors (Lipinski definition) is 2. The lowest BCUT2D eigenvalue weighted by Gasteiger charge is -2.23. The summed E-state index contributed by atoms with van der Waals surface area (Å²) in [6.07, 6.45) is 0. The van der Waals surface area contributed by atoms with Crippen molar-refractivity contribution < 1.29 is 0 Å². The Labute approximate surface area is 433 Å². The molecule has 0 unspecified atom stereocenters. The number of para-hydroxylation sites is 6. The Balaban J connectivity index is 1.08. The van der Waals surface area contributed by atoms with Crippen LogP contribution in [-0.2, 0) is 0 Å². The lowest BCUT2D eigenvalue weighted by molar-refractivity contribution is 1.05. The predicted molar refractivity (Wildman–Crippen MR) is 312 cm³/mol. The molecule has 4 heterocycles. The molecule has 0 spiro atoms. The maximum Gasteiger partial charge on any atom is 0.160 e. The summed E-state index contributed by atoms with van der Waals surface area (Å²) in [6, 6.07) is 98.4. The van der Waals surface area contributed by atoms with Gasteiger partial charge in [0, 0.05) is 49.0 Å². The Morgan fingerprint density at radius 1 is 0.213 bits per heavy atom. The molecule has 0 bridgehead atoms.